The summed E-state index contributed by atoms with van der Waals surface area (Å²) in [4.78, 5) is 0. The Morgan fingerprint density at radius 2 is 1.68 bits per heavy atom. The summed E-state index contributed by atoms with van der Waals surface area (Å²) in [6.45, 7) is 6.66. The molecular weight excluding hydrogens is 242 g/mol. The van der Waals surface area contributed by atoms with Gasteiger partial charge in [-0.1, -0.05) is 0 Å². The van der Waals surface area contributed by atoms with Gasteiger partial charge in [0, 0.05) is 20.6 Å². The molecule has 2 aromatic rings. The van der Waals surface area contributed by atoms with E-state index in [9.17, 15) is 0 Å². The summed E-state index contributed by atoms with van der Waals surface area (Å²) in [6, 6.07) is 0. The van der Waals surface area contributed by atoms with Gasteiger partial charge in [-0.3, -0.25) is 4.68 Å². The van der Waals surface area contributed by atoms with E-state index in [1.165, 1.54) is 0 Å². The van der Waals surface area contributed by atoms with Crippen LogP contribution in [-0.4, -0.2) is 26.6 Å². The number of hydrogen-bond donors (Lipinski definition) is 1. The summed E-state index contributed by atoms with van der Waals surface area (Å²) in [5.41, 5.74) is 3.94. The van der Waals surface area contributed by atoms with Crippen LogP contribution >= 0.6 is 0 Å². The van der Waals surface area contributed by atoms with Crippen molar-refractivity contribution in [3.8, 4) is 11.6 Å². The fraction of sp³-hybridized carbons (Fsp3) is 0.538. The van der Waals surface area contributed by atoms with Gasteiger partial charge >= 0.3 is 0 Å². The third-order valence-electron chi connectivity index (χ3n) is 3.28. The van der Waals surface area contributed by atoms with E-state index >= 15 is 0 Å². The molecule has 19 heavy (non-hydrogen) atoms. The van der Waals surface area contributed by atoms with Gasteiger partial charge in [-0.2, -0.15) is 10.2 Å². The van der Waals surface area contributed by atoms with Crippen molar-refractivity contribution in [2.75, 3.05) is 7.05 Å². The minimum atomic E-state index is 0.730. The van der Waals surface area contributed by atoms with Crippen LogP contribution in [-0.2, 0) is 20.6 Å². The van der Waals surface area contributed by atoms with Crippen molar-refractivity contribution in [2.24, 2.45) is 14.1 Å². The fourth-order valence-corrected chi connectivity index (χ4v) is 2.19. The molecule has 0 aliphatic rings. The largest absolute Gasteiger partial charge is 0.435 e. The van der Waals surface area contributed by atoms with Crippen molar-refractivity contribution in [3.63, 3.8) is 0 Å². The maximum Gasteiger partial charge on any atom is 0.222 e. The predicted octanol–water partition coefficient (Wildman–Crippen LogP) is 1.59. The van der Waals surface area contributed by atoms with Crippen LogP contribution in [0.3, 0.4) is 0 Å². The third kappa shape index (κ3) is 2.35. The topological polar surface area (TPSA) is 56.9 Å². The van der Waals surface area contributed by atoms with Gasteiger partial charge in [0.1, 0.15) is 5.69 Å². The second kappa shape index (κ2) is 5.05. The van der Waals surface area contributed by atoms with Crippen molar-refractivity contribution in [3.05, 3.63) is 22.6 Å². The van der Waals surface area contributed by atoms with Crippen LogP contribution in [0, 0.1) is 20.8 Å². The first kappa shape index (κ1) is 13.6. The second-order valence-corrected chi connectivity index (χ2v) is 4.75. The molecule has 6 heteroatoms. The van der Waals surface area contributed by atoms with Gasteiger partial charge < -0.3 is 10.1 Å². The van der Waals surface area contributed by atoms with Crippen molar-refractivity contribution in [2.45, 2.75) is 27.3 Å². The SMILES string of the molecule is CNCc1c(C)nn(C)c1Oc1c(C)nn(C)c1C. The Balaban J connectivity index is 2.43. The molecule has 104 valence electrons. The van der Waals surface area contributed by atoms with Gasteiger partial charge in [-0.05, 0) is 27.8 Å². The van der Waals surface area contributed by atoms with E-state index in [0.29, 0.717) is 0 Å². The molecule has 0 radical (unpaired) electrons. The molecule has 0 aromatic carbocycles. The Bertz CT molecular complexity index is 597. The second-order valence-electron chi connectivity index (χ2n) is 4.75. The van der Waals surface area contributed by atoms with Crippen LogP contribution in [0.25, 0.3) is 0 Å². The molecule has 0 bridgehead atoms. The lowest BCUT2D eigenvalue weighted by Crippen LogP contribution is -2.07. The number of aromatic nitrogens is 4. The molecule has 0 atom stereocenters. The van der Waals surface area contributed by atoms with Crippen LogP contribution in [0.15, 0.2) is 0 Å². The van der Waals surface area contributed by atoms with Crippen LogP contribution in [0.4, 0.5) is 0 Å². The quantitative estimate of drug-likeness (QED) is 0.910. The smallest absolute Gasteiger partial charge is 0.222 e. The standard InChI is InChI=1S/C13H21N5O/c1-8-11(7-14-4)13(18(6)15-8)19-12-9(2)16-17(5)10(12)3/h14H,7H2,1-6H3. The predicted molar refractivity (Wildman–Crippen MR) is 73.5 cm³/mol. The van der Waals surface area contributed by atoms with E-state index in [1.807, 2.05) is 46.6 Å². The van der Waals surface area contributed by atoms with E-state index < -0.39 is 0 Å². The average Bonchev–Trinajstić information content (AvgIpc) is 2.73. The summed E-state index contributed by atoms with van der Waals surface area (Å²) in [6.07, 6.45) is 0. The average molecular weight is 263 g/mol. The molecular formula is C13H21N5O. The molecule has 0 aliphatic heterocycles. The highest BCUT2D eigenvalue weighted by atomic mass is 16.5. The molecule has 2 heterocycles. The van der Waals surface area contributed by atoms with Crippen LogP contribution in [0.5, 0.6) is 11.6 Å². The number of nitrogens with zero attached hydrogens (tertiary/aromatic N) is 4. The normalized spacial score (nSPS) is 11.1. The molecule has 1 N–H and O–H groups in total. The minimum absolute atomic E-state index is 0.730. The van der Waals surface area contributed by atoms with E-state index in [0.717, 1.165) is 40.8 Å². The van der Waals surface area contributed by atoms with E-state index in [4.69, 9.17) is 4.74 Å². The van der Waals surface area contributed by atoms with Crippen LogP contribution < -0.4 is 10.1 Å². The van der Waals surface area contributed by atoms with Gasteiger partial charge in [0.15, 0.2) is 5.75 Å². The minimum Gasteiger partial charge on any atom is -0.435 e. The number of nitrogens with one attached hydrogen (secondary N) is 1. The maximum absolute atomic E-state index is 6.07. The molecule has 0 aliphatic carbocycles. The highest BCUT2D eigenvalue weighted by Gasteiger charge is 2.18. The highest BCUT2D eigenvalue weighted by Crippen LogP contribution is 2.31. The lowest BCUT2D eigenvalue weighted by molar-refractivity contribution is 0.418. The van der Waals surface area contributed by atoms with E-state index in [1.54, 1.807) is 4.68 Å². The van der Waals surface area contributed by atoms with Crippen molar-refractivity contribution in [1.29, 1.82) is 0 Å². The number of hydrogen-bond acceptors (Lipinski definition) is 4. The molecule has 0 saturated heterocycles. The molecule has 2 rings (SSSR count). The van der Waals surface area contributed by atoms with Gasteiger partial charge in [-0.25, -0.2) is 4.68 Å². The zero-order valence-electron chi connectivity index (χ0n) is 12.4. The van der Waals surface area contributed by atoms with Crippen LogP contribution in [0.2, 0.25) is 0 Å². The first-order chi connectivity index (χ1) is 8.95. The Hall–Kier alpha value is -1.82. The molecule has 2 aromatic heterocycles. The first-order valence-corrected chi connectivity index (χ1v) is 6.30. The monoisotopic (exact) mass is 263 g/mol. The maximum atomic E-state index is 6.07. The van der Waals surface area contributed by atoms with E-state index in [2.05, 4.69) is 15.5 Å². The van der Waals surface area contributed by atoms with Crippen molar-refractivity contribution >= 4 is 0 Å². The Morgan fingerprint density at radius 3 is 2.21 bits per heavy atom. The van der Waals surface area contributed by atoms with Gasteiger partial charge in [0.25, 0.3) is 0 Å². The lowest BCUT2D eigenvalue weighted by Gasteiger charge is -2.09. The Kier molecular flexibility index (Phi) is 3.61. The summed E-state index contributed by atoms with van der Waals surface area (Å²) in [5, 5.41) is 11.9. The summed E-state index contributed by atoms with van der Waals surface area (Å²) in [7, 11) is 5.72. The zero-order valence-corrected chi connectivity index (χ0v) is 12.4. The molecule has 0 amide bonds. The van der Waals surface area contributed by atoms with E-state index in [-0.39, 0.29) is 0 Å². The Morgan fingerprint density at radius 1 is 1.05 bits per heavy atom. The summed E-state index contributed by atoms with van der Waals surface area (Å²) < 4.78 is 9.67. The summed E-state index contributed by atoms with van der Waals surface area (Å²) >= 11 is 0. The lowest BCUT2D eigenvalue weighted by atomic mass is 10.2. The molecule has 0 fully saturated rings. The third-order valence-corrected chi connectivity index (χ3v) is 3.28. The molecule has 0 spiro atoms. The molecule has 0 saturated carbocycles. The Labute approximate surface area is 113 Å². The number of ether oxygens (including phenoxy) is 1. The summed E-state index contributed by atoms with van der Waals surface area (Å²) in [5.74, 6) is 1.58. The molecule has 0 unspecified atom stereocenters. The van der Waals surface area contributed by atoms with Crippen molar-refractivity contribution in [1.82, 2.24) is 24.9 Å². The van der Waals surface area contributed by atoms with Crippen molar-refractivity contribution < 1.29 is 4.74 Å². The molecule has 6 nitrogen and oxygen atoms in total. The fourth-order valence-electron chi connectivity index (χ4n) is 2.19. The van der Waals surface area contributed by atoms with Gasteiger partial charge in [-0.15, -0.1) is 0 Å². The highest BCUT2D eigenvalue weighted by molar-refractivity contribution is 5.39. The zero-order chi connectivity index (χ0) is 14.2. The van der Waals surface area contributed by atoms with Gasteiger partial charge in [0.05, 0.1) is 17.0 Å². The van der Waals surface area contributed by atoms with Gasteiger partial charge in [0.2, 0.25) is 5.88 Å². The number of rotatable bonds is 4. The first-order valence-electron chi connectivity index (χ1n) is 6.30. The number of aryl methyl sites for hydroxylation is 4. The van der Waals surface area contributed by atoms with Crippen LogP contribution in [0.1, 0.15) is 22.6 Å².